The van der Waals surface area contributed by atoms with Gasteiger partial charge in [0.15, 0.2) is 0 Å². The number of amides is 2. The minimum atomic E-state index is -4.12. The maximum atomic E-state index is 14.5. The van der Waals surface area contributed by atoms with Gasteiger partial charge in [0.05, 0.1) is 10.6 Å². The van der Waals surface area contributed by atoms with Crippen LogP contribution in [0.2, 0.25) is 0 Å². The van der Waals surface area contributed by atoms with Gasteiger partial charge in [-0.25, -0.2) is 8.42 Å². The number of para-hydroxylation sites is 1. The van der Waals surface area contributed by atoms with Crippen molar-refractivity contribution in [3.05, 3.63) is 131 Å². The van der Waals surface area contributed by atoms with E-state index < -0.39 is 28.5 Å². The molecule has 230 valence electrons. The van der Waals surface area contributed by atoms with Crippen molar-refractivity contribution >= 4 is 27.5 Å². The van der Waals surface area contributed by atoms with Crippen molar-refractivity contribution in [2.24, 2.45) is 5.92 Å². The zero-order valence-electron chi connectivity index (χ0n) is 25.8. The first-order valence-electron chi connectivity index (χ1n) is 14.9. The summed E-state index contributed by atoms with van der Waals surface area (Å²) >= 11 is 0. The first kappa shape index (κ1) is 32.5. The van der Waals surface area contributed by atoms with E-state index in [9.17, 15) is 18.0 Å². The molecule has 0 aliphatic heterocycles. The van der Waals surface area contributed by atoms with Crippen molar-refractivity contribution in [2.75, 3.05) is 17.4 Å². The Bertz CT molecular complexity index is 1640. The fourth-order valence-corrected chi connectivity index (χ4v) is 6.44. The number of anilines is 1. The largest absolute Gasteiger partial charge is 0.354 e. The Balaban J connectivity index is 1.79. The van der Waals surface area contributed by atoms with Crippen molar-refractivity contribution in [3.63, 3.8) is 0 Å². The minimum Gasteiger partial charge on any atom is -0.354 e. The molecule has 0 saturated heterocycles. The third-order valence-corrected chi connectivity index (χ3v) is 9.20. The van der Waals surface area contributed by atoms with Crippen LogP contribution in [0.25, 0.3) is 0 Å². The number of rotatable bonds is 13. The van der Waals surface area contributed by atoms with Gasteiger partial charge < -0.3 is 10.2 Å². The normalized spacial score (nSPS) is 12.0. The summed E-state index contributed by atoms with van der Waals surface area (Å²) in [6.07, 6.45) is 0.276. The van der Waals surface area contributed by atoms with E-state index in [0.717, 1.165) is 21.0 Å². The van der Waals surface area contributed by atoms with Crippen LogP contribution < -0.4 is 9.62 Å². The third-order valence-electron chi connectivity index (χ3n) is 7.42. The lowest BCUT2D eigenvalue weighted by molar-refractivity contribution is -0.140. The van der Waals surface area contributed by atoms with E-state index in [4.69, 9.17) is 0 Å². The van der Waals surface area contributed by atoms with E-state index in [1.807, 2.05) is 94.4 Å². The van der Waals surface area contributed by atoms with Crippen LogP contribution in [0, 0.1) is 19.8 Å². The highest BCUT2D eigenvalue weighted by atomic mass is 32.2. The molecular formula is C36H41N3O4S. The van der Waals surface area contributed by atoms with E-state index in [1.165, 1.54) is 17.0 Å². The fraction of sp³-hybridized carbons (Fsp3) is 0.278. The van der Waals surface area contributed by atoms with Crippen LogP contribution in [0.15, 0.2) is 114 Å². The van der Waals surface area contributed by atoms with Gasteiger partial charge in [-0.1, -0.05) is 110 Å². The standard InChI is InChI=1S/C36H41N3O4S/c1-27(2)24-37-36(41)34(23-30-14-7-5-8-15-30)38(25-31-21-19-28(3)20-22-31)35(40)26-39(33-18-12-11-13-29(33)4)44(42,43)32-16-9-6-10-17-32/h5-22,27,34H,23-26H2,1-4H3,(H,37,41). The van der Waals surface area contributed by atoms with Crippen LogP contribution in [-0.4, -0.2) is 44.3 Å². The van der Waals surface area contributed by atoms with E-state index in [-0.39, 0.29) is 29.7 Å². The number of carbonyl (C=O) groups is 2. The third kappa shape index (κ3) is 8.35. The molecular weight excluding hydrogens is 570 g/mol. The van der Waals surface area contributed by atoms with Gasteiger partial charge in [0, 0.05) is 19.5 Å². The summed E-state index contributed by atoms with van der Waals surface area (Å²) in [7, 11) is -4.12. The van der Waals surface area contributed by atoms with E-state index in [1.54, 1.807) is 30.3 Å². The maximum absolute atomic E-state index is 14.5. The van der Waals surface area contributed by atoms with Gasteiger partial charge in [-0.05, 0) is 54.7 Å². The van der Waals surface area contributed by atoms with Crippen LogP contribution in [0.1, 0.15) is 36.1 Å². The summed E-state index contributed by atoms with van der Waals surface area (Å²) in [5.74, 6) is -0.546. The van der Waals surface area contributed by atoms with Gasteiger partial charge in [0.25, 0.3) is 10.0 Å². The molecule has 0 heterocycles. The lowest BCUT2D eigenvalue weighted by atomic mass is 10.0. The number of sulfonamides is 1. The molecule has 0 aliphatic carbocycles. The molecule has 1 N–H and O–H groups in total. The Morgan fingerprint density at radius 1 is 0.750 bits per heavy atom. The molecule has 4 aromatic carbocycles. The number of nitrogens with zero attached hydrogens (tertiary/aromatic N) is 2. The zero-order valence-corrected chi connectivity index (χ0v) is 26.6. The average molecular weight is 612 g/mol. The smallest absolute Gasteiger partial charge is 0.264 e. The van der Waals surface area contributed by atoms with Crippen LogP contribution in [-0.2, 0) is 32.6 Å². The molecule has 44 heavy (non-hydrogen) atoms. The second-order valence-electron chi connectivity index (χ2n) is 11.5. The predicted molar refractivity (Wildman–Crippen MR) is 176 cm³/mol. The number of aryl methyl sites for hydroxylation is 2. The van der Waals surface area contributed by atoms with E-state index in [0.29, 0.717) is 17.8 Å². The molecule has 0 bridgehead atoms. The molecule has 0 spiro atoms. The first-order valence-corrected chi connectivity index (χ1v) is 16.3. The lowest BCUT2D eigenvalue weighted by Crippen LogP contribution is -2.53. The fourth-order valence-electron chi connectivity index (χ4n) is 4.94. The summed E-state index contributed by atoms with van der Waals surface area (Å²) < 4.78 is 29.3. The monoisotopic (exact) mass is 611 g/mol. The van der Waals surface area contributed by atoms with Gasteiger partial charge in [-0.2, -0.15) is 0 Å². The SMILES string of the molecule is Cc1ccc(CN(C(=O)CN(c2ccccc2C)S(=O)(=O)c2ccccc2)C(Cc2ccccc2)C(=O)NCC(C)C)cc1. The molecule has 0 aliphatic rings. The molecule has 1 unspecified atom stereocenters. The van der Waals surface area contributed by atoms with Crippen molar-refractivity contribution in [3.8, 4) is 0 Å². The average Bonchev–Trinajstić information content (AvgIpc) is 3.02. The van der Waals surface area contributed by atoms with E-state index >= 15 is 0 Å². The molecule has 4 rings (SSSR count). The molecule has 1 atom stereocenters. The molecule has 8 heteroatoms. The number of hydrogen-bond donors (Lipinski definition) is 1. The molecule has 0 saturated carbocycles. The van der Waals surface area contributed by atoms with Crippen LogP contribution in [0.3, 0.4) is 0 Å². The van der Waals surface area contributed by atoms with Gasteiger partial charge in [0.1, 0.15) is 12.6 Å². The van der Waals surface area contributed by atoms with Crippen molar-refractivity contribution in [1.82, 2.24) is 10.2 Å². The van der Waals surface area contributed by atoms with Crippen LogP contribution >= 0.6 is 0 Å². The predicted octanol–water partition coefficient (Wildman–Crippen LogP) is 5.91. The molecule has 2 amide bonds. The summed E-state index contributed by atoms with van der Waals surface area (Å²) in [5, 5.41) is 3.02. The summed E-state index contributed by atoms with van der Waals surface area (Å²) in [6.45, 7) is 7.93. The van der Waals surface area contributed by atoms with Crippen LogP contribution in [0.4, 0.5) is 5.69 Å². The van der Waals surface area contributed by atoms with E-state index in [2.05, 4.69) is 5.32 Å². The highest BCUT2D eigenvalue weighted by Crippen LogP contribution is 2.27. The Morgan fingerprint density at radius 3 is 1.95 bits per heavy atom. The number of benzene rings is 4. The summed E-state index contributed by atoms with van der Waals surface area (Å²) in [5.41, 5.74) is 3.92. The number of nitrogens with one attached hydrogen (secondary N) is 1. The quantitative estimate of drug-likeness (QED) is 0.204. The number of carbonyl (C=O) groups excluding carboxylic acids is 2. The summed E-state index contributed by atoms with van der Waals surface area (Å²) in [4.78, 5) is 29.9. The highest BCUT2D eigenvalue weighted by molar-refractivity contribution is 7.92. The van der Waals surface area contributed by atoms with Crippen molar-refractivity contribution in [1.29, 1.82) is 0 Å². The first-order chi connectivity index (χ1) is 21.1. The molecule has 0 radical (unpaired) electrons. The van der Waals surface area contributed by atoms with Crippen molar-refractivity contribution < 1.29 is 18.0 Å². The second kappa shape index (κ2) is 14.8. The zero-order chi connectivity index (χ0) is 31.7. The number of hydrogen-bond acceptors (Lipinski definition) is 4. The minimum absolute atomic E-state index is 0.0802. The Hall–Kier alpha value is -4.43. The highest BCUT2D eigenvalue weighted by Gasteiger charge is 2.35. The Morgan fingerprint density at radius 2 is 1.34 bits per heavy atom. The Labute approximate surface area is 261 Å². The molecule has 7 nitrogen and oxygen atoms in total. The molecule has 0 aromatic heterocycles. The second-order valence-corrected chi connectivity index (χ2v) is 13.3. The Kier molecular flexibility index (Phi) is 11.0. The van der Waals surface area contributed by atoms with Crippen molar-refractivity contribution in [2.45, 2.75) is 51.6 Å². The van der Waals surface area contributed by atoms with Gasteiger partial charge in [0.2, 0.25) is 11.8 Å². The van der Waals surface area contributed by atoms with Gasteiger partial charge in [-0.3, -0.25) is 13.9 Å². The summed E-state index contributed by atoms with van der Waals surface area (Å²) in [6, 6.07) is 31.7. The van der Waals surface area contributed by atoms with Gasteiger partial charge >= 0.3 is 0 Å². The van der Waals surface area contributed by atoms with Crippen LogP contribution in [0.5, 0.6) is 0 Å². The lowest BCUT2D eigenvalue weighted by Gasteiger charge is -2.34. The topological polar surface area (TPSA) is 86.8 Å². The molecule has 4 aromatic rings. The maximum Gasteiger partial charge on any atom is 0.264 e. The van der Waals surface area contributed by atoms with Gasteiger partial charge in [-0.15, -0.1) is 0 Å². The molecule has 0 fully saturated rings.